The minimum atomic E-state index is -4.58. The number of nitrogens with zero attached hydrogens (tertiary/aromatic N) is 2. The lowest BCUT2D eigenvalue weighted by Crippen LogP contribution is -2.44. The summed E-state index contributed by atoms with van der Waals surface area (Å²) in [6.07, 6.45) is -2.77. The molecule has 3 nitrogen and oxygen atoms in total. The van der Waals surface area contributed by atoms with E-state index in [1.54, 1.807) is 44.2 Å². The number of anilines is 1. The molecule has 0 amide bonds. The van der Waals surface area contributed by atoms with Gasteiger partial charge in [0.05, 0.1) is 5.71 Å². The van der Waals surface area contributed by atoms with Crippen molar-refractivity contribution < 1.29 is 26.3 Å². The molecule has 9 heteroatoms. The summed E-state index contributed by atoms with van der Waals surface area (Å²) in [4.78, 5) is 2.21. The molecule has 244 valence electrons. The molecule has 0 aromatic heterocycles. The van der Waals surface area contributed by atoms with Gasteiger partial charge in [0.25, 0.3) is 0 Å². The van der Waals surface area contributed by atoms with Crippen molar-refractivity contribution in [2.24, 2.45) is 11.8 Å². The molecule has 0 bridgehead atoms. The summed E-state index contributed by atoms with van der Waals surface area (Å²) in [6.45, 7) is 11.2. The average Bonchev–Trinajstić information content (AvgIpc) is 2.98. The van der Waals surface area contributed by atoms with Gasteiger partial charge in [0.1, 0.15) is 11.9 Å². The third kappa shape index (κ3) is 9.22. The first-order valence-electron chi connectivity index (χ1n) is 15.2. The normalized spacial score (nSPS) is 15.0. The number of alkyl halides is 5. The maximum Gasteiger partial charge on any atom is 0.408 e. The van der Waals surface area contributed by atoms with Crippen LogP contribution in [0.3, 0.4) is 0 Å². The van der Waals surface area contributed by atoms with Gasteiger partial charge in [-0.25, -0.2) is 4.39 Å². The first kappa shape index (κ1) is 35.9. The summed E-state index contributed by atoms with van der Waals surface area (Å²) in [5.41, 5.74) is 2.44. The Hall–Kier alpha value is -3.59. The van der Waals surface area contributed by atoms with Crippen LogP contribution in [-0.2, 0) is 0 Å². The smallest absolute Gasteiger partial charge is 0.300 e. The first-order chi connectivity index (χ1) is 21.1. The molecule has 1 aliphatic rings. The maximum absolute atomic E-state index is 14.4. The highest BCUT2D eigenvalue weighted by Gasteiger charge is 2.46. The zero-order valence-corrected chi connectivity index (χ0v) is 26.6. The van der Waals surface area contributed by atoms with Crippen LogP contribution < -0.4 is 4.90 Å². The van der Waals surface area contributed by atoms with Gasteiger partial charge in [-0.1, -0.05) is 82.3 Å². The van der Waals surface area contributed by atoms with Gasteiger partial charge < -0.3 is 0 Å². The Kier molecular flexibility index (Phi) is 12.4. The van der Waals surface area contributed by atoms with Gasteiger partial charge in [0.15, 0.2) is 0 Å². The first-order valence-corrected chi connectivity index (χ1v) is 15.2. The van der Waals surface area contributed by atoms with Crippen LogP contribution in [0.5, 0.6) is 0 Å². The molecule has 0 spiro atoms. The Balaban J connectivity index is 0.00000102. The molecular formula is C36H43F6N3. The van der Waals surface area contributed by atoms with E-state index in [2.05, 4.69) is 27.4 Å². The number of benzene rings is 3. The van der Waals surface area contributed by atoms with Gasteiger partial charge in [-0.15, -0.1) is 0 Å². The molecule has 1 fully saturated rings. The van der Waals surface area contributed by atoms with Crippen LogP contribution in [0.15, 0.2) is 79.0 Å². The summed E-state index contributed by atoms with van der Waals surface area (Å²) in [6, 6.07) is 14.6. The minimum Gasteiger partial charge on any atom is -0.300 e. The summed E-state index contributed by atoms with van der Waals surface area (Å²) in [7, 11) is 0. The van der Waals surface area contributed by atoms with Crippen molar-refractivity contribution in [2.75, 3.05) is 18.0 Å². The maximum atomic E-state index is 14.4. The molecule has 0 radical (unpaired) electrons. The van der Waals surface area contributed by atoms with E-state index in [0.29, 0.717) is 27.9 Å². The van der Waals surface area contributed by atoms with Crippen LogP contribution in [0.25, 0.3) is 0 Å². The number of allylic oxidation sites excluding steroid dienone is 1. The van der Waals surface area contributed by atoms with Crippen molar-refractivity contribution in [2.45, 2.75) is 72.6 Å². The minimum absolute atomic E-state index is 0.0173. The molecule has 0 aliphatic carbocycles. The Morgan fingerprint density at radius 3 is 2.09 bits per heavy atom. The molecule has 3 aromatic carbocycles. The van der Waals surface area contributed by atoms with E-state index in [1.807, 2.05) is 0 Å². The Morgan fingerprint density at radius 1 is 0.956 bits per heavy atom. The van der Waals surface area contributed by atoms with Crippen molar-refractivity contribution >= 4 is 11.4 Å². The van der Waals surface area contributed by atoms with Crippen molar-refractivity contribution in [3.8, 4) is 0 Å². The molecule has 1 unspecified atom stereocenters. The predicted octanol–water partition coefficient (Wildman–Crippen LogP) is 10.5. The van der Waals surface area contributed by atoms with E-state index >= 15 is 0 Å². The zero-order valence-electron chi connectivity index (χ0n) is 26.6. The van der Waals surface area contributed by atoms with Crippen molar-refractivity contribution in [1.82, 2.24) is 4.90 Å². The van der Waals surface area contributed by atoms with Gasteiger partial charge in [-0.05, 0) is 80.6 Å². The van der Waals surface area contributed by atoms with E-state index in [-0.39, 0.29) is 42.9 Å². The number of likely N-dealkylation sites (tertiary alicyclic amines) is 1. The number of nitrogens with one attached hydrogen (secondary N) is 1. The third-order valence-corrected chi connectivity index (χ3v) is 8.32. The van der Waals surface area contributed by atoms with Crippen LogP contribution in [0.2, 0.25) is 0 Å². The third-order valence-electron chi connectivity index (χ3n) is 8.32. The zero-order chi connectivity index (χ0) is 33.5. The standard InChI is InChI=1S/C31H31F6N3.C5H12/c1-19-7-4-5-10-27(19)40(30(33)34)21(3)22-13-15-39(16-14-22)29(31(35,36)37)24-11-12-26(20(2)17-24)28(38)23-8-6-9-25(32)18-23;1-4-5(2)3/h4-12,17-18,22,29-30,38H,3,13-16H2,1-2H3;5H,4H2,1-3H3. The predicted molar refractivity (Wildman–Crippen MR) is 171 cm³/mol. The second-order valence-corrected chi connectivity index (χ2v) is 11.9. The fourth-order valence-electron chi connectivity index (χ4n) is 5.45. The van der Waals surface area contributed by atoms with Crippen LogP contribution in [-0.4, -0.2) is 36.4 Å². The van der Waals surface area contributed by atoms with Crippen molar-refractivity contribution in [3.63, 3.8) is 0 Å². The topological polar surface area (TPSA) is 30.3 Å². The number of hydrogen-bond donors (Lipinski definition) is 1. The molecule has 1 N–H and O–H groups in total. The molecule has 1 aliphatic heterocycles. The van der Waals surface area contributed by atoms with Crippen LogP contribution in [0, 0.1) is 36.9 Å². The lowest BCUT2D eigenvalue weighted by atomic mass is 9.89. The summed E-state index contributed by atoms with van der Waals surface area (Å²) >= 11 is 0. The van der Waals surface area contributed by atoms with Gasteiger partial charge in [0, 0.05) is 28.4 Å². The average molecular weight is 632 g/mol. The van der Waals surface area contributed by atoms with Crippen LogP contribution in [0.1, 0.15) is 73.9 Å². The van der Waals surface area contributed by atoms with E-state index in [9.17, 15) is 26.3 Å². The Morgan fingerprint density at radius 2 is 1.58 bits per heavy atom. The van der Waals surface area contributed by atoms with Gasteiger partial charge in [0.2, 0.25) is 0 Å². The highest BCUT2D eigenvalue weighted by Crippen LogP contribution is 2.42. The van der Waals surface area contributed by atoms with Crippen molar-refractivity contribution in [1.29, 1.82) is 5.41 Å². The van der Waals surface area contributed by atoms with Crippen LogP contribution >= 0.6 is 0 Å². The largest absolute Gasteiger partial charge is 0.408 e. The number of para-hydroxylation sites is 1. The second kappa shape index (κ2) is 15.6. The molecule has 1 heterocycles. The second-order valence-electron chi connectivity index (χ2n) is 11.9. The number of hydrogen-bond acceptors (Lipinski definition) is 3. The van der Waals surface area contributed by atoms with Crippen LogP contribution in [0.4, 0.5) is 32.0 Å². The van der Waals surface area contributed by atoms with Gasteiger partial charge in [-0.2, -0.15) is 22.0 Å². The van der Waals surface area contributed by atoms with E-state index in [4.69, 9.17) is 5.41 Å². The highest BCUT2D eigenvalue weighted by atomic mass is 19.4. The van der Waals surface area contributed by atoms with E-state index in [0.717, 1.165) is 10.8 Å². The SMILES string of the molecule is C=C(C1CCN(C(c2ccc(C(=N)c3cccc(F)c3)c(C)c2)C(F)(F)F)CC1)N(c1ccccc1C)C(F)F.CCC(C)C. The van der Waals surface area contributed by atoms with Gasteiger partial charge >= 0.3 is 12.7 Å². The molecule has 0 saturated carbocycles. The quantitative estimate of drug-likeness (QED) is 0.145. The monoisotopic (exact) mass is 631 g/mol. The Labute approximate surface area is 263 Å². The molecule has 4 rings (SSSR count). The number of aryl methyl sites for hydroxylation is 2. The van der Waals surface area contributed by atoms with E-state index < -0.39 is 30.5 Å². The summed E-state index contributed by atoms with van der Waals surface area (Å²) in [5.74, 6) is -0.0140. The highest BCUT2D eigenvalue weighted by molar-refractivity contribution is 6.11. The molecule has 1 atom stereocenters. The lowest BCUT2D eigenvalue weighted by molar-refractivity contribution is -0.189. The molecule has 45 heavy (non-hydrogen) atoms. The lowest BCUT2D eigenvalue weighted by Gasteiger charge is -2.41. The molecule has 1 saturated heterocycles. The molecular weight excluding hydrogens is 588 g/mol. The summed E-state index contributed by atoms with van der Waals surface area (Å²) < 4.78 is 85.0. The number of halogens is 6. The van der Waals surface area contributed by atoms with Crippen molar-refractivity contribution in [3.05, 3.63) is 113 Å². The summed E-state index contributed by atoms with van der Waals surface area (Å²) in [5, 5.41) is 8.44. The number of piperidine rings is 1. The number of rotatable bonds is 9. The fraction of sp³-hybridized carbons (Fsp3) is 0.417. The molecule has 3 aromatic rings. The Bertz CT molecular complexity index is 1440. The fourth-order valence-corrected chi connectivity index (χ4v) is 5.45. The van der Waals surface area contributed by atoms with Gasteiger partial charge in [-0.3, -0.25) is 15.2 Å². The van der Waals surface area contributed by atoms with E-state index in [1.165, 1.54) is 47.7 Å².